The lowest BCUT2D eigenvalue weighted by molar-refractivity contribution is -0.136. The Morgan fingerprint density at radius 3 is 2.17 bits per heavy atom. The van der Waals surface area contributed by atoms with Crippen molar-refractivity contribution in [3.05, 3.63) is 120 Å². The third-order valence-electron chi connectivity index (χ3n) is 7.97. The molecule has 1 aliphatic heterocycles. The van der Waals surface area contributed by atoms with Gasteiger partial charge in [-0.2, -0.15) is 13.2 Å². The van der Waals surface area contributed by atoms with Crippen LogP contribution in [0.25, 0.3) is 33.2 Å². The van der Waals surface area contributed by atoms with Gasteiger partial charge in [-0.05, 0) is 84.1 Å². The van der Waals surface area contributed by atoms with Crippen molar-refractivity contribution >= 4 is 20.7 Å². The Balaban J connectivity index is 1.25. The van der Waals surface area contributed by atoms with Crippen molar-refractivity contribution < 1.29 is 21.6 Å². The minimum absolute atomic E-state index is 0.101. The van der Waals surface area contributed by atoms with Crippen LogP contribution >= 0.6 is 0 Å². The topological polar surface area (TPSA) is 50.3 Å². The molecule has 4 aromatic carbocycles. The lowest BCUT2D eigenvalue weighted by atomic mass is 9.96. The summed E-state index contributed by atoms with van der Waals surface area (Å²) in [5, 5.41) is -0.0449. The molecule has 1 fully saturated rings. The monoisotopic (exact) mass is 586 g/mol. The van der Waals surface area contributed by atoms with Gasteiger partial charge in [0.05, 0.1) is 21.2 Å². The molecule has 42 heavy (non-hydrogen) atoms. The minimum atomic E-state index is -4.52. The van der Waals surface area contributed by atoms with Crippen molar-refractivity contribution in [2.75, 3.05) is 13.1 Å². The lowest BCUT2D eigenvalue weighted by Gasteiger charge is -2.31. The van der Waals surface area contributed by atoms with Crippen molar-refractivity contribution in [3.63, 3.8) is 0 Å². The quantitative estimate of drug-likeness (QED) is 0.202. The summed E-state index contributed by atoms with van der Waals surface area (Å²) in [6.07, 6.45) is -1.98. The van der Waals surface area contributed by atoms with Crippen LogP contribution in [0.15, 0.2) is 114 Å². The van der Waals surface area contributed by atoms with Gasteiger partial charge in [-0.15, -0.1) is 0 Å². The fraction of sp³-hybridized carbons (Fsp3) is 0.206. The maximum atomic E-state index is 13.7. The van der Waals surface area contributed by atoms with Gasteiger partial charge in [0.1, 0.15) is 0 Å². The molecule has 0 bridgehead atoms. The molecule has 1 aliphatic rings. The highest BCUT2D eigenvalue weighted by atomic mass is 32.2. The number of rotatable bonds is 6. The normalized spacial score (nSPS) is 15.2. The highest BCUT2D eigenvalue weighted by molar-refractivity contribution is 7.92. The van der Waals surface area contributed by atoms with E-state index in [2.05, 4.69) is 22.0 Å². The maximum absolute atomic E-state index is 13.7. The average molecular weight is 587 g/mol. The van der Waals surface area contributed by atoms with E-state index in [1.165, 1.54) is 17.8 Å². The summed E-state index contributed by atoms with van der Waals surface area (Å²) in [6.45, 7) is 2.25. The molecule has 0 spiro atoms. The van der Waals surface area contributed by atoms with E-state index >= 15 is 0 Å². The Morgan fingerprint density at radius 1 is 0.762 bits per heavy atom. The maximum Gasteiger partial charge on any atom is 0.418 e. The number of para-hydroxylation sites is 1. The van der Waals surface area contributed by atoms with Crippen molar-refractivity contribution in [2.45, 2.75) is 35.7 Å². The Hall–Kier alpha value is -4.01. The fourth-order valence-corrected chi connectivity index (χ4v) is 7.56. The molecule has 1 saturated heterocycles. The second kappa shape index (κ2) is 11.3. The van der Waals surface area contributed by atoms with Gasteiger partial charge in [0.25, 0.3) is 0 Å². The zero-order valence-electron chi connectivity index (χ0n) is 22.8. The van der Waals surface area contributed by atoms with Gasteiger partial charge in [-0.25, -0.2) is 8.42 Å². The van der Waals surface area contributed by atoms with E-state index in [4.69, 9.17) is 0 Å². The van der Waals surface area contributed by atoms with Crippen LogP contribution in [0.3, 0.4) is 0 Å². The van der Waals surface area contributed by atoms with Crippen molar-refractivity contribution in [3.8, 4) is 22.3 Å². The first-order valence-corrected chi connectivity index (χ1v) is 15.4. The van der Waals surface area contributed by atoms with Crippen LogP contribution in [0, 0.1) is 0 Å². The first-order valence-electron chi connectivity index (χ1n) is 13.9. The van der Waals surface area contributed by atoms with E-state index < -0.39 is 26.8 Å². The SMILES string of the molecule is O=S(=O)(c1cccc(-c2cccc(-c3ccnc4c(C(F)(F)F)cccc34)c2)c1)C1CCN(Cc2ccccc2)CC1. The van der Waals surface area contributed by atoms with E-state index in [1.54, 1.807) is 30.3 Å². The van der Waals surface area contributed by atoms with Crippen LogP contribution in [0.1, 0.15) is 24.0 Å². The van der Waals surface area contributed by atoms with E-state index in [0.717, 1.165) is 42.4 Å². The molecule has 0 atom stereocenters. The van der Waals surface area contributed by atoms with Crippen LogP contribution in [0.2, 0.25) is 0 Å². The third-order valence-corrected chi connectivity index (χ3v) is 10.2. The molecule has 0 saturated carbocycles. The molecule has 5 aromatic rings. The summed E-state index contributed by atoms with van der Waals surface area (Å²) >= 11 is 0. The first kappa shape index (κ1) is 28.1. The average Bonchev–Trinajstić information content (AvgIpc) is 3.01. The van der Waals surface area contributed by atoms with Crippen molar-refractivity contribution in [2.24, 2.45) is 0 Å². The summed E-state index contributed by atoms with van der Waals surface area (Å²) in [4.78, 5) is 6.62. The lowest BCUT2D eigenvalue weighted by Crippen LogP contribution is -2.38. The molecule has 0 radical (unpaired) electrons. The summed E-state index contributed by atoms with van der Waals surface area (Å²) in [7, 11) is -3.54. The molecule has 6 rings (SSSR count). The van der Waals surface area contributed by atoms with Crippen molar-refractivity contribution in [1.29, 1.82) is 0 Å². The molecular formula is C34H29F3N2O2S. The zero-order valence-corrected chi connectivity index (χ0v) is 23.6. The smallest absolute Gasteiger partial charge is 0.299 e. The van der Waals surface area contributed by atoms with Crippen LogP contribution in [-0.4, -0.2) is 36.6 Å². The molecule has 214 valence electrons. The van der Waals surface area contributed by atoms with E-state index in [1.807, 2.05) is 48.5 Å². The molecule has 0 N–H and O–H groups in total. The Morgan fingerprint density at radius 2 is 1.43 bits per heavy atom. The number of pyridine rings is 1. The molecule has 0 aliphatic carbocycles. The van der Waals surface area contributed by atoms with Crippen LogP contribution in [-0.2, 0) is 22.6 Å². The summed E-state index contributed by atoms with van der Waals surface area (Å²) in [5.74, 6) is 0. The van der Waals surface area contributed by atoms with Gasteiger partial charge in [0.2, 0.25) is 0 Å². The van der Waals surface area contributed by atoms with Gasteiger partial charge in [-0.3, -0.25) is 9.88 Å². The predicted molar refractivity (Wildman–Crippen MR) is 160 cm³/mol. The molecule has 8 heteroatoms. The number of sulfone groups is 1. The second-order valence-electron chi connectivity index (χ2n) is 10.7. The summed E-state index contributed by atoms with van der Waals surface area (Å²) in [5.41, 5.74) is 3.19. The van der Waals surface area contributed by atoms with Gasteiger partial charge in [0, 0.05) is 18.1 Å². The third kappa shape index (κ3) is 5.69. The zero-order chi connectivity index (χ0) is 29.3. The Labute approximate surface area is 243 Å². The van der Waals surface area contributed by atoms with Crippen LogP contribution < -0.4 is 0 Å². The number of hydrogen-bond acceptors (Lipinski definition) is 4. The van der Waals surface area contributed by atoms with Crippen molar-refractivity contribution in [1.82, 2.24) is 9.88 Å². The summed E-state index contributed by atoms with van der Waals surface area (Å²) in [6, 6.07) is 30.3. The van der Waals surface area contributed by atoms with E-state index in [9.17, 15) is 21.6 Å². The molecule has 0 amide bonds. The Bertz CT molecular complexity index is 1830. The number of nitrogens with zero attached hydrogens (tertiary/aromatic N) is 2. The minimum Gasteiger partial charge on any atom is -0.299 e. The summed E-state index contributed by atoms with van der Waals surface area (Å²) < 4.78 is 68.2. The fourth-order valence-electron chi connectivity index (χ4n) is 5.79. The highest BCUT2D eigenvalue weighted by Gasteiger charge is 2.34. The molecule has 0 unspecified atom stereocenters. The van der Waals surface area contributed by atoms with E-state index in [-0.39, 0.29) is 10.4 Å². The number of likely N-dealkylation sites (tertiary alicyclic amines) is 1. The van der Waals surface area contributed by atoms with Gasteiger partial charge >= 0.3 is 6.18 Å². The number of hydrogen-bond donors (Lipinski definition) is 0. The second-order valence-corrected chi connectivity index (χ2v) is 12.9. The number of aromatic nitrogens is 1. The van der Waals surface area contributed by atoms with Crippen LogP contribution in [0.4, 0.5) is 13.2 Å². The first-order chi connectivity index (χ1) is 20.2. The number of fused-ring (bicyclic) bond motifs is 1. The number of piperidine rings is 1. The highest BCUT2D eigenvalue weighted by Crippen LogP contribution is 2.38. The predicted octanol–water partition coefficient (Wildman–Crippen LogP) is 8.03. The number of benzene rings is 4. The molecule has 4 nitrogen and oxygen atoms in total. The molecular weight excluding hydrogens is 557 g/mol. The Kier molecular flexibility index (Phi) is 7.60. The standard InChI is InChI=1S/C34H29F3N2O2S/c35-34(36,37)32-14-6-13-31-30(15-18-38-33(31)32)27-11-4-9-25(21-27)26-10-5-12-29(22-26)42(40,41)28-16-19-39(20-17-28)23-24-7-2-1-3-8-24/h1-15,18,21-22,28H,16-17,19-20,23H2. The van der Waals surface area contributed by atoms with Gasteiger partial charge in [0.15, 0.2) is 9.84 Å². The number of alkyl halides is 3. The largest absolute Gasteiger partial charge is 0.418 e. The van der Waals surface area contributed by atoms with Crippen LogP contribution in [0.5, 0.6) is 0 Å². The van der Waals surface area contributed by atoms with Gasteiger partial charge in [-0.1, -0.05) is 72.8 Å². The van der Waals surface area contributed by atoms with E-state index in [0.29, 0.717) is 23.8 Å². The molecule has 2 heterocycles. The number of halogens is 3. The molecule has 1 aromatic heterocycles. The van der Waals surface area contributed by atoms with Gasteiger partial charge < -0.3 is 0 Å².